The third kappa shape index (κ3) is 3.37. The van der Waals surface area contributed by atoms with Crippen LogP contribution in [0.15, 0.2) is 24.3 Å². The highest BCUT2D eigenvalue weighted by atomic mass is 19.1. The molecule has 130 valence electrons. The highest BCUT2D eigenvalue weighted by molar-refractivity contribution is 5.94. The number of urea groups is 1. The van der Waals surface area contributed by atoms with Crippen molar-refractivity contribution in [1.29, 1.82) is 0 Å². The number of halogens is 1. The second kappa shape index (κ2) is 7.20. The molecule has 0 aliphatic carbocycles. The van der Waals surface area contributed by atoms with Crippen LogP contribution >= 0.6 is 0 Å². The lowest BCUT2D eigenvalue weighted by Crippen LogP contribution is -2.48. The first-order chi connectivity index (χ1) is 11.6. The molecule has 2 aliphatic heterocycles. The third-order valence-electron chi connectivity index (χ3n) is 4.90. The van der Waals surface area contributed by atoms with Crippen LogP contribution < -0.4 is 0 Å². The minimum absolute atomic E-state index is 0.0613. The van der Waals surface area contributed by atoms with Gasteiger partial charge in [0.25, 0.3) is 5.91 Å². The Morgan fingerprint density at radius 3 is 2.42 bits per heavy atom. The molecule has 2 saturated heterocycles. The lowest BCUT2D eigenvalue weighted by atomic mass is 10.0. The van der Waals surface area contributed by atoms with Crippen molar-refractivity contribution in [1.82, 2.24) is 14.7 Å². The maximum absolute atomic E-state index is 13.0. The maximum Gasteiger partial charge on any atom is 0.320 e. The quantitative estimate of drug-likeness (QED) is 0.850. The molecular formula is C18H24FN3O2. The van der Waals surface area contributed by atoms with E-state index >= 15 is 0 Å². The fraction of sp³-hybridized carbons (Fsp3) is 0.556. The number of nitrogens with zero attached hydrogens (tertiary/aromatic N) is 3. The van der Waals surface area contributed by atoms with Gasteiger partial charge in [-0.05, 0) is 43.5 Å². The normalized spacial score (nSPS) is 19.2. The molecule has 0 radical (unpaired) electrons. The molecule has 0 N–H and O–H groups in total. The molecule has 0 saturated carbocycles. The number of piperidine rings is 1. The number of amides is 3. The van der Waals surface area contributed by atoms with Crippen molar-refractivity contribution < 1.29 is 14.0 Å². The predicted molar refractivity (Wildman–Crippen MR) is 89.3 cm³/mol. The number of rotatable bonds is 4. The SMILES string of the molecule is CCCN1CCN(C2CCN(C(=O)c3ccc(F)cc3)CC2)C1=O. The summed E-state index contributed by atoms with van der Waals surface area (Å²) in [6, 6.07) is 6.03. The second-order valence-electron chi connectivity index (χ2n) is 6.49. The van der Waals surface area contributed by atoms with Gasteiger partial charge in [0.05, 0.1) is 0 Å². The monoisotopic (exact) mass is 333 g/mol. The summed E-state index contributed by atoms with van der Waals surface area (Å²) in [4.78, 5) is 30.5. The topological polar surface area (TPSA) is 43.9 Å². The van der Waals surface area contributed by atoms with E-state index < -0.39 is 0 Å². The lowest BCUT2D eigenvalue weighted by molar-refractivity contribution is 0.0663. The summed E-state index contributed by atoms with van der Waals surface area (Å²) >= 11 is 0. The zero-order valence-electron chi connectivity index (χ0n) is 14.1. The predicted octanol–water partition coefficient (Wildman–Crippen LogP) is 2.58. The first-order valence-corrected chi connectivity index (χ1v) is 8.70. The second-order valence-corrected chi connectivity index (χ2v) is 6.49. The lowest BCUT2D eigenvalue weighted by Gasteiger charge is -2.36. The Hall–Kier alpha value is -2.11. The van der Waals surface area contributed by atoms with Crippen molar-refractivity contribution in [2.45, 2.75) is 32.2 Å². The first-order valence-electron chi connectivity index (χ1n) is 8.70. The van der Waals surface area contributed by atoms with Gasteiger partial charge < -0.3 is 14.7 Å². The minimum atomic E-state index is -0.338. The van der Waals surface area contributed by atoms with Gasteiger partial charge in [-0.3, -0.25) is 4.79 Å². The van der Waals surface area contributed by atoms with Crippen LogP contribution in [0.25, 0.3) is 0 Å². The third-order valence-corrected chi connectivity index (χ3v) is 4.90. The first kappa shape index (κ1) is 16.7. The summed E-state index contributed by atoms with van der Waals surface area (Å²) < 4.78 is 13.0. The van der Waals surface area contributed by atoms with Crippen LogP contribution in [0, 0.1) is 5.82 Å². The van der Waals surface area contributed by atoms with Gasteiger partial charge in [0.15, 0.2) is 0 Å². The summed E-state index contributed by atoms with van der Waals surface area (Å²) in [6.45, 7) is 5.76. The molecule has 2 aliphatic rings. The van der Waals surface area contributed by atoms with Crippen molar-refractivity contribution in [2.24, 2.45) is 0 Å². The Kier molecular flexibility index (Phi) is 5.02. The average molecular weight is 333 g/mol. The van der Waals surface area contributed by atoms with Gasteiger partial charge in [-0.15, -0.1) is 0 Å². The van der Waals surface area contributed by atoms with Crippen LogP contribution in [-0.2, 0) is 0 Å². The molecule has 0 spiro atoms. The number of hydrogen-bond acceptors (Lipinski definition) is 2. The summed E-state index contributed by atoms with van der Waals surface area (Å²) in [5.41, 5.74) is 0.515. The summed E-state index contributed by atoms with van der Waals surface area (Å²) in [5, 5.41) is 0. The van der Waals surface area contributed by atoms with Crippen LogP contribution in [0.5, 0.6) is 0 Å². The van der Waals surface area contributed by atoms with Crippen molar-refractivity contribution in [2.75, 3.05) is 32.7 Å². The van der Waals surface area contributed by atoms with E-state index in [0.29, 0.717) is 18.7 Å². The zero-order valence-corrected chi connectivity index (χ0v) is 14.1. The Bertz CT molecular complexity index is 597. The van der Waals surface area contributed by atoms with Crippen LogP contribution in [0.1, 0.15) is 36.5 Å². The molecule has 6 heteroatoms. The number of hydrogen-bond donors (Lipinski definition) is 0. The van der Waals surface area contributed by atoms with Gasteiger partial charge in [0, 0.05) is 44.3 Å². The molecule has 0 aromatic heterocycles. The maximum atomic E-state index is 13.0. The zero-order chi connectivity index (χ0) is 17.1. The van der Waals surface area contributed by atoms with E-state index in [1.54, 1.807) is 4.90 Å². The van der Waals surface area contributed by atoms with Crippen molar-refractivity contribution in [3.63, 3.8) is 0 Å². The molecule has 1 aromatic carbocycles. The van der Waals surface area contributed by atoms with Crippen molar-refractivity contribution in [3.05, 3.63) is 35.6 Å². The minimum Gasteiger partial charge on any atom is -0.338 e. The van der Waals surface area contributed by atoms with E-state index in [9.17, 15) is 14.0 Å². The van der Waals surface area contributed by atoms with Crippen LogP contribution in [0.4, 0.5) is 9.18 Å². The van der Waals surface area contributed by atoms with Crippen LogP contribution in [0.3, 0.4) is 0 Å². The largest absolute Gasteiger partial charge is 0.338 e. The highest BCUT2D eigenvalue weighted by Gasteiger charge is 2.35. The highest BCUT2D eigenvalue weighted by Crippen LogP contribution is 2.22. The molecule has 2 heterocycles. The molecule has 0 atom stereocenters. The van der Waals surface area contributed by atoms with E-state index in [-0.39, 0.29) is 23.8 Å². The summed E-state index contributed by atoms with van der Waals surface area (Å²) in [6.07, 6.45) is 2.58. The van der Waals surface area contributed by atoms with E-state index in [1.165, 1.54) is 24.3 Å². The van der Waals surface area contributed by atoms with E-state index in [2.05, 4.69) is 6.92 Å². The van der Waals surface area contributed by atoms with Crippen LogP contribution in [-0.4, -0.2) is 65.4 Å². The fourth-order valence-electron chi connectivity index (χ4n) is 3.57. The summed E-state index contributed by atoms with van der Waals surface area (Å²) in [5.74, 6) is -0.400. The number of carbonyl (C=O) groups excluding carboxylic acids is 2. The van der Waals surface area contributed by atoms with Crippen molar-refractivity contribution in [3.8, 4) is 0 Å². The Morgan fingerprint density at radius 1 is 1.12 bits per heavy atom. The van der Waals surface area contributed by atoms with Gasteiger partial charge in [0.1, 0.15) is 5.82 Å². The van der Waals surface area contributed by atoms with Crippen LogP contribution in [0.2, 0.25) is 0 Å². The molecular weight excluding hydrogens is 309 g/mol. The van der Waals surface area contributed by atoms with Gasteiger partial charge in [0.2, 0.25) is 0 Å². The smallest absolute Gasteiger partial charge is 0.320 e. The number of likely N-dealkylation sites (tertiary alicyclic amines) is 1. The van der Waals surface area contributed by atoms with Gasteiger partial charge in [-0.2, -0.15) is 0 Å². The van der Waals surface area contributed by atoms with E-state index in [4.69, 9.17) is 0 Å². The fourth-order valence-corrected chi connectivity index (χ4v) is 3.57. The Labute approximate surface area is 142 Å². The Balaban J connectivity index is 1.55. The molecule has 3 amide bonds. The summed E-state index contributed by atoms with van der Waals surface area (Å²) in [7, 11) is 0. The standard InChI is InChI=1S/C18H24FN3O2/c1-2-9-21-12-13-22(18(21)24)16-7-10-20(11-8-16)17(23)14-3-5-15(19)6-4-14/h3-6,16H,2,7-13H2,1H3. The van der Waals surface area contributed by atoms with E-state index in [0.717, 1.165) is 38.9 Å². The average Bonchev–Trinajstić information content (AvgIpc) is 2.96. The molecule has 24 heavy (non-hydrogen) atoms. The van der Waals surface area contributed by atoms with Gasteiger partial charge in [-0.25, -0.2) is 9.18 Å². The van der Waals surface area contributed by atoms with E-state index in [1.807, 2.05) is 9.80 Å². The number of carbonyl (C=O) groups is 2. The molecule has 0 unspecified atom stereocenters. The van der Waals surface area contributed by atoms with Gasteiger partial charge in [-0.1, -0.05) is 6.92 Å². The number of benzene rings is 1. The molecule has 2 fully saturated rings. The molecule has 3 rings (SSSR count). The molecule has 5 nitrogen and oxygen atoms in total. The van der Waals surface area contributed by atoms with Gasteiger partial charge >= 0.3 is 6.03 Å². The Morgan fingerprint density at radius 2 is 1.79 bits per heavy atom. The van der Waals surface area contributed by atoms with Crippen molar-refractivity contribution >= 4 is 11.9 Å². The molecule has 1 aromatic rings. The molecule has 0 bridgehead atoms.